The summed E-state index contributed by atoms with van der Waals surface area (Å²) in [6.07, 6.45) is 8.34. The minimum absolute atomic E-state index is 0.0704. The van der Waals surface area contributed by atoms with E-state index in [0.29, 0.717) is 6.42 Å². The van der Waals surface area contributed by atoms with Crippen molar-refractivity contribution in [3.63, 3.8) is 0 Å². The van der Waals surface area contributed by atoms with E-state index in [1.807, 2.05) is 48.8 Å². The van der Waals surface area contributed by atoms with Gasteiger partial charge in [-0.25, -0.2) is 4.98 Å². The largest absolute Gasteiger partial charge is 0.354 e. The van der Waals surface area contributed by atoms with Crippen LogP contribution in [0.1, 0.15) is 31.1 Å². The molecule has 1 amide bonds. The first-order valence-corrected chi connectivity index (χ1v) is 9.99. The van der Waals surface area contributed by atoms with Crippen LogP contribution in [0.5, 0.6) is 0 Å². The van der Waals surface area contributed by atoms with Crippen LogP contribution in [0, 0.1) is 0 Å². The summed E-state index contributed by atoms with van der Waals surface area (Å²) in [4.78, 5) is 20.4. The molecule has 0 saturated carbocycles. The molecule has 2 N–H and O–H groups in total. The molecule has 5 nitrogen and oxygen atoms in total. The van der Waals surface area contributed by atoms with E-state index in [4.69, 9.17) is 0 Å². The Bertz CT molecular complexity index is 764. The predicted octanol–water partition coefficient (Wildman–Crippen LogP) is 3.76. The molecule has 3 rings (SSSR count). The average Bonchev–Trinajstić information content (AvgIpc) is 3.27. The Kier molecular flexibility index (Phi) is 6.17. The summed E-state index contributed by atoms with van der Waals surface area (Å²) in [6, 6.07) is 11.9. The molecule has 1 unspecified atom stereocenters. The van der Waals surface area contributed by atoms with Gasteiger partial charge in [-0.05, 0) is 49.1 Å². The van der Waals surface area contributed by atoms with Crippen LogP contribution in [0.15, 0.2) is 48.8 Å². The maximum Gasteiger partial charge on any atom is 0.220 e. The third-order valence-corrected chi connectivity index (χ3v) is 4.81. The van der Waals surface area contributed by atoms with Crippen LogP contribution < -0.4 is 5.32 Å². The van der Waals surface area contributed by atoms with Gasteiger partial charge in [-0.15, -0.1) is 0 Å². The number of aromatic nitrogens is 3. The van der Waals surface area contributed by atoms with Crippen LogP contribution in [-0.2, 0) is 11.3 Å². The first kappa shape index (κ1) is 17.6. The summed E-state index contributed by atoms with van der Waals surface area (Å²) in [6.45, 7) is 0.862. The number of nitrogens with zero attached hydrogens (tertiary/aromatic N) is 2. The predicted molar refractivity (Wildman–Crippen MR) is 104 cm³/mol. The fourth-order valence-corrected chi connectivity index (χ4v) is 3.33. The molecule has 0 aliphatic carbocycles. The summed E-state index contributed by atoms with van der Waals surface area (Å²) in [5.41, 5.74) is 1.95. The molecule has 0 aliphatic rings. The second kappa shape index (κ2) is 8.76. The van der Waals surface area contributed by atoms with Crippen LogP contribution in [-0.4, -0.2) is 32.5 Å². The third kappa shape index (κ3) is 4.89. The number of hydrogen-bond donors (Lipinski definition) is 2. The van der Waals surface area contributed by atoms with Gasteiger partial charge < -0.3 is 14.9 Å². The number of carbonyl (C=O) groups is 1. The van der Waals surface area contributed by atoms with Gasteiger partial charge in [-0.2, -0.15) is 11.8 Å². The molecule has 0 spiro atoms. The number of amides is 1. The zero-order chi connectivity index (χ0) is 17.5. The number of benzene rings is 1. The molecular formula is C19H24N4OS. The first-order chi connectivity index (χ1) is 12.3. The fourth-order valence-electron chi connectivity index (χ4n) is 2.86. The van der Waals surface area contributed by atoms with Crippen LogP contribution >= 0.6 is 11.8 Å². The van der Waals surface area contributed by atoms with Crippen molar-refractivity contribution in [3.8, 4) is 0 Å². The molecule has 25 heavy (non-hydrogen) atoms. The van der Waals surface area contributed by atoms with Crippen molar-refractivity contribution in [1.29, 1.82) is 0 Å². The van der Waals surface area contributed by atoms with Gasteiger partial charge in [0.15, 0.2) is 0 Å². The highest BCUT2D eigenvalue weighted by Gasteiger charge is 2.18. The number of imidazole rings is 1. The van der Waals surface area contributed by atoms with Crippen molar-refractivity contribution in [1.82, 2.24) is 19.9 Å². The maximum atomic E-state index is 12.4. The van der Waals surface area contributed by atoms with Crippen LogP contribution in [0.3, 0.4) is 0 Å². The van der Waals surface area contributed by atoms with Gasteiger partial charge >= 0.3 is 0 Å². The van der Waals surface area contributed by atoms with Gasteiger partial charge in [0, 0.05) is 25.4 Å². The van der Waals surface area contributed by atoms with Crippen molar-refractivity contribution in [2.45, 2.75) is 31.8 Å². The second-order valence-electron chi connectivity index (χ2n) is 6.07. The Hall–Kier alpha value is -2.21. The Morgan fingerprint density at radius 2 is 2.08 bits per heavy atom. The summed E-state index contributed by atoms with van der Waals surface area (Å²) < 4.78 is 2.09. The quantitative estimate of drug-likeness (QED) is 0.614. The molecule has 2 aromatic heterocycles. The number of fused-ring (bicyclic) bond motifs is 1. The lowest BCUT2D eigenvalue weighted by atomic mass is 10.2. The monoisotopic (exact) mass is 356 g/mol. The van der Waals surface area contributed by atoms with Crippen molar-refractivity contribution in [2.24, 2.45) is 0 Å². The molecule has 0 saturated heterocycles. The molecular weight excluding hydrogens is 332 g/mol. The number of aryl methyl sites for hydroxylation is 1. The van der Waals surface area contributed by atoms with E-state index in [0.717, 1.165) is 42.0 Å². The van der Waals surface area contributed by atoms with Gasteiger partial charge in [0.2, 0.25) is 5.91 Å². The fraction of sp³-hybridized carbons (Fsp3) is 0.368. The van der Waals surface area contributed by atoms with Crippen molar-refractivity contribution in [2.75, 3.05) is 12.0 Å². The topological polar surface area (TPSA) is 62.7 Å². The summed E-state index contributed by atoms with van der Waals surface area (Å²) in [5.74, 6) is 1.90. The molecule has 2 heterocycles. The minimum atomic E-state index is -0.0704. The molecule has 0 bridgehead atoms. The van der Waals surface area contributed by atoms with E-state index in [-0.39, 0.29) is 11.9 Å². The summed E-state index contributed by atoms with van der Waals surface area (Å²) in [7, 11) is 0. The molecule has 0 radical (unpaired) electrons. The highest BCUT2D eigenvalue weighted by Crippen LogP contribution is 2.20. The molecule has 0 aliphatic heterocycles. The van der Waals surface area contributed by atoms with E-state index in [2.05, 4.69) is 26.1 Å². The number of hydrogen-bond acceptors (Lipinski definition) is 3. The first-order valence-electron chi connectivity index (χ1n) is 8.60. The lowest BCUT2D eigenvalue weighted by Gasteiger charge is -2.16. The van der Waals surface area contributed by atoms with E-state index in [1.165, 1.54) is 0 Å². The van der Waals surface area contributed by atoms with E-state index < -0.39 is 0 Å². The van der Waals surface area contributed by atoms with Crippen LogP contribution in [0.2, 0.25) is 0 Å². The smallest absolute Gasteiger partial charge is 0.220 e. The standard InChI is InChI=1S/C19H24N4OS/c1-25-14-10-17(19-21-15-7-2-3-8-16(15)22-19)20-18(24)9-6-13-23-11-4-5-12-23/h2-5,7-8,11-12,17H,6,9-10,13-14H2,1H3,(H,20,24)(H,21,22). The Morgan fingerprint density at radius 1 is 1.28 bits per heavy atom. The van der Waals surface area contributed by atoms with Crippen LogP contribution in [0.4, 0.5) is 0 Å². The number of thioether (sulfide) groups is 1. The summed E-state index contributed by atoms with van der Waals surface area (Å²) >= 11 is 1.78. The maximum absolute atomic E-state index is 12.4. The third-order valence-electron chi connectivity index (χ3n) is 4.17. The zero-order valence-corrected chi connectivity index (χ0v) is 15.3. The lowest BCUT2D eigenvalue weighted by molar-refractivity contribution is -0.122. The minimum Gasteiger partial charge on any atom is -0.354 e. The number of aromatic amines is 1. The molecule has 3 aromatic rings. The second-order valence-corrected chi connectivity index (χ2v) is 7.05. The molecule has 1 aromatic carbocycles. The number of para-hydroxylation sites is 2. The molecule has 6 heteroatoms. The number of nitrogens with one attached hydrogen (secondary N) is 2. The molecule has 0 fully saturated rings. The normalized spacial score (nSPS) is 12.4. The van der Waals surface area contributed by atoms with Crippen molar-refractivity contribution in [3.05, 3.63) is 54.6 Å². The zero-order valence-electron chi connectivity index (χ0n) is 14.4. The van der Waals surface area contributed by atoms with Gasteiger partial charge in [-0.3, -0.25) is 4.79 Å². The van der Waals surface area contributed by atoms with Gasteiger partial charge in [-0.1, -0.05) is 12.1 Å². The number of H-pyrrole nitrogens is 1. The van der Waals surface area contributed by atoms with E-state index >= 15 is 0 Å². The summed E-state index contributed by atoms with van der Waals surface area (Å²) in [5, 5.41) is 3.15. The molecule has 1 atom stereocenters. The Balaban J connectivity index is 1.60. The number of carbonyl (C=O) groups excluding carboxylic acids is 1. The van der Waals surface area contributed by atoms with E-state index in [1.54, 1.807) is 11.8 Å². The van der Waals surface area contributed by atoms with Crippen molar-refractivity contribution >= 4 is 28.7 Å². The highest BCUT2D eigenvalue weighted by molar-refractivity contribution is 7.98. The van der Waals surface area contributed by atoms with Gasteiger partial charge in [0.25, 0.3) is 0 Å². The highest BCUT2D eigenvalue weighted by atomic mass is 32.2. The Labute approximate surface area is 152 Å². The van der Waals surface area contributed by atoms with Gasteiger partial charge in [0.05, 0.1) is 17.1 Å². The number of rotatable bonds is 9. The van der Waals surface area contributed by atoms with Crippen LogP contribution in [0.25, 0.3) is 11.0 Å². The average molecular weight is 356 g/mol. The SMILES string of the molecule is CSCCC(NC(=O)CCCn1cccc1)c1nc2ccccc2[nH]1. The Morgan fingerprint density at radius 3 is 2.84 bits per heavy atom. The van der Waals surface area contributed by atoms with Crippen molar-refractivity contribution < 1.29 is 4.79 Å². The van der Waals surface area contributed by atoms with E-state index in [9.17, 15) is 4.79 Å². The lowest BCUT2D eigenvalue weighted by Crippen LogP contribution is -2.29. The molecule has 132 valence electrons. The van der Waals surface area contributed by atoms with Gasteiger partial charge in [0.1, 0.15) is 5.82 Å².